The third kappa shape index (κ3) is 2.95. The highest BCUT2D eigenvalue weighted by Crippen LogP contribution is 2.41. The van der Waals surface area contributed by atoms with Crippen molar-refractivity contribution in [2.75, 3.05) is 0 Å². The second-order valence-electron chi connectivity index (χ2n) is 5.38. The van der Waals surface area contributed by atoms with E-state index in [2.05, 4.69) is 0 Å². The van der Waals surface area contributed by atoms with Gasteiger partial charge in [-0.05, 0) is 11.4 Å². The van der Waals surface area contributed by atoms with Crippen LogP contribution in [0.1, 0.15) is 31.1 Å². The lowest BCUT2D eigenvalue weighted by Gasteiger charge is -2.20. The zero-order valence-electron chi connectivity index (χ0n) is 13.0. The largest absolute Gasteiger partial charge is 0.203 e. The molecule has 0 aliphatic carbocycles. The molecular formula is C16H8BF9. The number of benzene rings is 2. The van der Waals surface area contributed by atoms with Crippen molar-refractivity contribution in [3.8, 4) is 11.1 Å². The van der Waals surface area contributed by atoms with Crippen LogP contribution in [0.15, 0.2) is 0 Å². The molecule has 0 saturated carbocycles. The van der Waals surface area contributed by atoms with Gasteiger partial charge in [0.05, 0.1) is 13.4 Å². The van der Waals surface area contributed by atoms with Crippen molar-refractivity contribution in [2.24, 2.45) is 0 Å². The first-order valence-corrected chi connectivity index (χ1v) is 7.19. The SMILES string of the molecule is [B]C(CCC)c1c(F)c(F)c(F)c(F)c1-c1c(F)c(F)c(F)c(F)c1F. The number of hydrogen-bond acceptors (Lipinski definition) is 0. The Balaban J connectivity index is 3.04. The summed E-state index contributed by atoms with van der Waals surface area (Å²) in [5.41, 5.74) is -4.82. The molecule has 2 aromatic carbocycles. The molecule has 2 radical (unpaired) electrons. The molecule has 2 aromatic rings. The number of hydrogen-bond donors (Lipinski definition) is 0. The van der Waals surface area contributed by atoms with Crippen LogP contribution in [0.3, 0.4) is 0 Å². The maximum atomic E-state index is 14.2. The van der Waals surface area contributed by atoms with Crippen molar-refractivity contribution >= 4 is 7.85 Å². The van der Waals surface area contributed by atoms with Crippen molar-refractivity contribution < 1.29 is 39.5 Å². The molecule has 0 saturated heterocycles. The summed E-state index contributed by atoms with van der Waals surface area (Å²) in [6.07, 6.45) is 0.0294. The second-order valence-corrected chi connectivity index (χ2v) is 5.38. The van der Waals surface area contributed by atoms with Gasteiger partial charge in [0.15, 0.2) is 46.5 Å². The van der Waals surface area contributed by atoms with Crippen LogP contribution in [-0.4, -0.2) is 7.85 Å². The highest BCUT2D eigenvalue weighted by atomic mass is 19.2. The molecule has 0 heterocycles. The van der Waals surface area contributed by atoms with E-state index in [1.807, 2.05) is 0 Å². The van der Waals surface area contributed by atoms with Crippen LogP contribution >= 0.6 is 0 Å². The topological polar surface area (TPSA) is 0 Å². The molecule has 10 heteroatoms. The molecule has 0 bridgehead atoms. The predicted molar refractivity (Wildman–Crippen MR) is 74.9 cm³/mol. The zero-order chi connectivity index (χ0) is 19.9. The molecule has 0 aliphatic rings. The third-order valence-electron chi connectivity index (χ3n) is 3.73. The highest BCUT2D eigenvalue weighted by molar-refractivity contribution is 6.13. The van der Waals surface area contributed by atoms with E-state index in [4.69, 9.17) is 7.85 Å². The molecule has 0 amide bonds. The van der Waals surface area contributed by atoms with E-state index in [-0.39, 0.29) is 12.8 Å². The first-order chi connectivity index (χ1) is 12.1. The van der Waals surface area contributed by atoms with E-state index in [0.717, 1.165) is 0 Å². The van der Waals surface area contributed by atoms with Gasteiger partial charge in [0.2, 0.25) is 5.82 Å². The van der Waals surface area contributed by atoms with Gasteiger partial charge in [0.1, 0.15) is 0 Å². The Labute approximate surface area is 143 Å². The van der Waals surface area contributed by atoms with Crippen molar-refractivity contribution in [1.82, 2.24) is 0 Å². The van der Waals surface area contributed by atoms with E-state index in [9.17, 15) is 39.5 Å². The molecule has 0 aromatic heterocycles. The van der Waals surface area contributed by atoms with Crippen LogP contribution in [0.2, 0.25) is 0 Å². The smallest absolute Gasteiger partial charge is 0.200 e. The first-order valence-electron chi connectivity index (χ1n) is 7.19. The van der Waals surface area contributed by atoms with Crippen molar-refractivity contribution in [2.45, 2.75) is 25.6 Å². The van der Waals surface area contributed by atoms with Gasteiger partial charge in [-0.2, -0.15) is 0 Å². The van der Waals surface area contributed by atoms with Gasteiger partial charge in [-0.15, -0.1) is 0 Å². The maximum Gasteiger partial charge on any atom is 0.200 e. The van der Waals surface area contributed by atoms with Crippen molar-refractivity contribution in [3.05, 3.63) is 57.9 Å². The molecule has 138 valence electrons. The first kappa shape index (κ1) is 20.2. The Hall–Kier alpha value is -2.13. The van der Waals surface area contributed by atoms with E-state index in [0.29, 0.717) is 0 Å². The van der Waals surface area contributed by atoms with Gasteiger partial charge < -0.3 is 0 Å². The van der Waals surface area contributed by atoms with E-state index < -0.39 is 74.9 Å². The van der Waals surface area contributed by atoms with Crippen LogP contribution < -0.4 is 0 Å². The van der Waals surface area contributed by atoms with Gasteiger partial charge in [0.25, 0.3) is 0 Å². The molecule has 1 unspecified atom stereocenters. The Morgan fingerprint density at radius 2 is 0.923 bits per heavy atom. The number of halogens is 9. The van der Waals surface area contributed by atoms with Crippen LogP contribution in [0, 0.1) is 52.4 Å². The molecule has 0 fully saturated rings. The zero-order valence-corrected chi connectivity index (χ0v) is 13.0. The Morgan fingerprint density at radius 3 is 1.35 bits per heavy atom. The standard InChI is InChI=1S/C16H8BF9/c1-2-3-4(17)5-6(9(19)13(23)12(22)8(5)18)7-10(20)14(24)16(26)15(25)11(7)21/h4H,2-3H2,1H3. The van der Waals surface area contributed by atoms with E-state index in [1.54, 1.807) is 0 Å². The minimum atomic E-state index is -2.55. The maximum absolute atomic E-state index is 14.2. The summed E-state index contributed by atoms with van der Waals surface area (Å²) < 4.78 is 123. The fraction of sp³-hybridized carbons (Fsp3) is 0.250. The van der Waals surface area contributed by atoms with E-state index in [1.165, 1.54) is 6.92 Å². The summed E-state index contributed by atoms with van der Waals surface area (Å²) in [6, 6.07) is 0. The van der Waals surface area contributed by atoms with Crippen LogP contribution in [0.4, 0.5) is 39.5 Å². The van der Waals surface area contributed by atoms with Crippen LogP contribution in [0.25, 0.3) is 11.1 Å². The normalized spacial score (nSPS) is 12.5. The Morgan fingerprint density at radius 1 is 0.577 bits per heavy atom. The summed E-state index contributed by atoms with van der Waals surface area (Å²) in [6.45, 7) is 1.52. The lowest BCUT2D eigenvalue weighted by molar-refractivity contribution is 0.378. The summed E-state index contributed by atoms with van der Waals surface area (Å²) >= 11 is 0. The second kappa shape index (κ2) is 7.24. The number of rotatable bonds is 4. The van der Waals surface area contributed by atoms with Gasteiger partial charge in [-0.25, -0.2) is 39.5 Å². The molecule has 0 N–H and O–H groups in total. The summed E-state index contributed by atoms with van der Waals surface area (Å²) in [7, 11) is 5.54. The van der Waals surface area contributed by atoms with Crippen molar-refractivity contribution in [3.63, 3.8) is 0 Å². The lowest BCUT2D eigenvalue weighted by Crippen LogP contribution is -2.14. The van der Waals surface area contributed by atoms with Gasteiger partial charge >= 0.3 is 0 Å². The minimum absolute atomic E-state index is 0.177. The van der Waals surface area contributed by atoms with Crippen LogP contribution in [0.5, 0.6) is 0 Å². The summed E-state index contributed by atoms with van der Waals surface area (Å²) in [4.78, 5) is 0. The predicted octanol–water partition coefficient (Wildman–Crippen LogP) is 5.62. The van der Waals surface area contributed by atoms with Crippen LogP contribution in [-0.2, 0) is 0 Å². The monoisotopic (exact) mass is 382 g/mol. The highest BCUT2D eigenvalue weighted by Gasteiger charge is 2.35. The molecule has 0 nitrogen and oxygen atoms in total. The lowest BCUT2D eigenvalue weighted by atomic mass is 9.74. The Kier molecular flexibility index (Phi) is 5.62. The molecule has 1 atom stereocenters. The summed E-state index contributed by atoms with van der Waals surface area (Å²) in [5.74, 6) is -23.3. The van der Waals surface area contributed by atoms with Gasteiger partial charge in [-0.3, -0.25) is 0 Å². The average molecular weight is 382 g/mol. The molecule has 2 rings (SSSR count). The van der Waals surface area contributed by atoms with E-state index >= 15 is 0 Å². The molecule has 26 heavy (non-hydrogen) atoms. The quantitative estimate of drug-likeness (QED) is 0.279. The van der Waals surface area contributed by atoms with Gasteiger partial charge in [0, 0.05) is 5.56 Å². The van der Waals surface area contributed by atoms with Crippen molar-refractivity contribution in [1.29, 1.82) is 0 Å². The fourth-order valence-corrected chi connectivity index (χ4v) is 2.52. The Bertz CT molecular complexity index is 850. The molecular weight excluding hydrogens is 374 g/mol. The molecule has 0 aliphatic heterocycles. The minimum Gasteiger partial charge on any atom is -0.203 e. The summed E-state index contributed by atoms with van der Waals surface area (Å²) in [5, 5.41) is 0. The molecule has 0 spiro atoms. The third-order valence-corrected chi connectivity index (χ3v) is 3.73. The average Bonchev–Trinajstić information content (AvgIpc) is 2.61. The van der Waals surface area contributed by atoms with Gasteiger partial charge in [-0.1, -0.05) is 19.8 Å². The fourth-order valence-electron chi connectivity index (χ4n) is 2.52.